The van der Waals surface area contributed by atoms with E-state index in [-0.39, 0.29) is 7.43 Å². The van der Waals surface area contributed by atoms with E-state index >= 15 is 0 Å². The number of furan rings is 3. The van der Waals surface area contributed by atoms with Gasteiger partial charge in [0.1, 0.15) is 33.5 Å². The molecule has 11 heteroatoms. The minimum Gasteiger partial charge on any atom is -0.456 e. The summed E-state index contributed by atoms with van der Waals surface area (Å²) >= 11 is 16.3. The first kappa shape index (κ1) is 81.5. The molecular weight excluding hydrogens is 1570 g/mol. The molecule has 1 saturated heterocycles. The van der Waals surface area contributed by atoms with Crippen LogP contribution in [0.15, 0.2) is 273 Å². The minimum absolute atomic E-state index is 0. The lowest BCUT2D eigenvalue weighted by molar-refractivity contribution is 0.00578. The molecule has 0 amide bonds. The van der Waals surface area contributed by atoms with E-state index in [0.717, 1.165) is 116 Å². The zero-order valence-corrected chi connectivity index (χ0v) is 66.9. The smallest absolute Gasteiger partial charge is 0.456 e. The highest BCUT2D eigenvalue weighted by Crippen LogP contribution is 2.45. The minimum atomic E-state index is -0.506. The second-order valence-electron chi connectivity index (χ2n) is 27.1. The average Bonchev–Trinajstić information content (AvgIpc) is 1.57. The van der Waals surface area contributed by atoms with E-state index in [4.69, 9.17) is 71.5 Å². The highest BCUT2D eigenvalue weighted by Gasteiger charge is 2.53. The van der Waals surface area contributed by atoms with Gasteiger partial charge in [-0.1, -0.05) is 213 Å². The summed E-state index contributed by atoms with van der Waals surface area (Å²) in [7, 11) is -0.506. The summed E-state index contributed by atoms with van der Waals surface area (Å²) < 4.78 is 36.8. The standard InChI is InChI=1S/C30H26BNO3.C24H14ClNO.C14H2.C14H.C13H10.C12H6BrClO.CH4/c1-29(2)30(3,4)35-31(34-29)22-17-18-26-27(21-13-7-10-16-25(21)33-26)28(22)32-23-14-8-5-11-19(23)20-12-6-9-15-24(20)32;25-18-13-14-22-23(17-9-3-6-12-21(17)27-22)24(18)26-19-10-4-1-7-15(19)16-8-2-5-11-20(16)26;2*1-3-5-7-9-11-13-14-12-10-8-6-4-2;1-3-7-12-10(5-1)9-11-6-2-4-8-13(11)12;13-12-8(14)5-6-10-11(12)7-3-1-2-4-9(7)15-10;/h5-18H,1-4H3;1-14H;1-2H;1H;1-8H,9H2;1-6H;1H4/q;;;-1;;;. The molecule has 0 N–H and O–H groups in total. The summed E-state index contributed by atoms with van der Waals surface area (Å²) in [5, 5.41) is 12.7. The zero-order valence-electron chi connectivity index (χ0n) is 63.8. The monoisotopic (exact) mass is 1630 g/mol. The molecule has 12 aromatic carbocycles. The summed E-state index contributed by atoms with van der Waals surface area (Å²) in [6.07, 6.45) is 22.1. The summed E-state index contributed by atoms with van der Waals surface area (Å²) in [6.45, 7) is 8.38. The summed E-state index contributed by atoms with van der Waals surface area (Å²) in [5.74, 6) is 56.0. The maximum Gasteiger partial charge on any atom is 0.497 e. The number of hydrogen-bond donors (Lipinski definition) is 0. The van der Waals surface area contributed by atoms with Crippen LogP contribution in [0, 0.1) is 168 Å². The van der Waals surface area contributed by atoms with Crippen LogP contribution in [0.4, 0.5) is 0 Å². The summed E-state index contributed by atoms with van der Waals surface area (Å²) in [6, 6.07) is 87.4. The number of terminal acetylenes is 3. The van der Waals surface area contributed by atoms with Crippen molar-refractivity contribution in [1.29, 1.82) is 0 Å². The maximum atomic E-state index is 6.79. The van der Waals surface area contributed by atoms with Gasteiger partial charge in [0.25, 0.3) is 0 Å². The van der Waals surface area contributed by atoms with Crippen LogP contribution in [-0.4, -0.2) is 27.5 Å². The number of nitrogens with zero attached hydrogens (tertiary/aromatic N) is 2. The molecule has 7 nitrogen and oxygen atoms in total. The van der Waals surface area contributed by atoms with Crippen molar-refractivity contribution >= 4 is 161 Å². The van der Waals surface area contributed by atoms with Gasteiger partial charge in [-0.05, 0) is 269 Å². The number of fused-ring (bicyclic) bond motifs is 18. The van der Waals surface area contributed by atoms with E-state index in [1.807, 2.05) is 90.8 Å². The van der Waals surface area contributed by atoms with Crippen molar-refractivity contribution in [2.75, 3.05) is 0 Å². The second-order valence-corrected chi connectivity index (χ2v) is 28.7. The van der Waals surface area contributed by atoms with Crippen molar-refractivity contribution in [2.24, 2.45) is 0 Å². The molecule has 2 aliphatic rings. The molecule has 119 heavy (non-hydrogen) atoms. The number of rotatable bonds is 3. The first-order chi connectivity index (χ1) is 57.7. The van der Waals surface area contributed by atoms with Crippen molar-refractivity contribution in [3.05, 3.63) is 287 Å². The van der Waals surface area contributed by atoms with Crippen molar-refractivity contribution in [1.82, 2.24) is 9.13 Å². The van der Waals surface area contributed by atoms with Crippen LogP contribution in [0.3, 0.4) is 0 Å². The number of benzene rings is 12. The fourth-order valence-electron chi connectivity index (χ4n) is 14.0. The molecule has 17 aromatic rings. The van der Waals surface area contributed by atoms with Gasteiger partial charge in [0, 0.05) is 53.0 Å². The molecule has 0 spiro atoms. The Balaban J connectivity index is 0.000000130. The highest BCUT2D eigenvalue weighted by atomic mass is 79.9. The molecule has 1 fully saturated rings. The van der Waals surface area contributed by atoms with Gasteiger partial charge in [0.05, 0.1) is 65.5 Å². The van der Waals surface area contributed by atoms with Gasteiger partial charge < -0.3 is 38.1 Å². The highest BCUT2D eigenvalue weighted by molar-refractivity contribution is 9.10. The van der Waals surface area contributed by atoms with Crippen LogP contribution in [-0.2, 0) is 15.7 Å². The topological polar surface area (TPSA) is 67.7 Å². The molecule has 1 aliphatic carbocycles. The van der Waals surface area contributed by atoms with Crippen molar-refractivity contribution < 1.29 is 22.6 Å². The summed E-state index contributed by atoms with van der Waals surface area (Å²) in [5.41, 5.74) is 17.6. The normalized spacial score (nSPS) is 11.4. The molecule has 0 radical (unpaired) electrons. The molecule has 560 valence electrons. The first-order valence-corrected chi connectivity index (χ1v) is 38.4. The quantitative estimate of drug-likeness (QED) is 0.100. The average molecular weight is 1630 g/mol. The Bertz CT molecular complexity index is 7430. The van der Waals surface area contributed by atoms with E-state index in [2.05, 4.69) is 359 Å². The van der Waals surface area contributed by atoms with E-state index in [9.17, 15) is 0 Å². The van der Waals surface area contributed by atoms with Crippen molar-refractivity contribution in [3.8, 4) is 184 Å². The number of hydrogen-bond acceptors (Lipinski definition) is 5. The van der Waals surface area contributed by atoms with E-state index in [1.54, 1.807) is 0 Å². The van der Waals surface area contributed by atoms with Crippen LogP contribution >= 0.6 is 39.1 Å². The van der Waals surface area contributed by atoms with E-state index < -0.39 is 18.3 Å². The Morgan fingerprint density at radius 3 is 1.02 bits per heavy atom. The third kappa shape index (κ3) is 17.5. The molecule has 1 aliphatic heterocycles. The largest absolute Gasteiger partial charge is 0.497 e. The number of para-hydroxylation sites is 7. The molecular formula is C108H63BBrCl2N2O5-. The predicted octanol–water partition coefficient (Wildman–Crippen LogP) is 23.7. The fourth-order valence-corrected chi connectivity index (χ4v) is 14.9. The molecule has 0 unspecified atom stereocenters. The lowest BCUT2D eigenvalue weighted by Gasteiger charge is -2.32. The fraction of sp³-hybridized carbons (Fsp3) is 0.0741. The van der Waals surface area contributed by atoms with Crippen LogP contribution in [0.1, 0.15) is 46.2 Å². The van der Waals surface area contributed by atoms with Gasteiger partial charge in [-0.3, -0.25) is 5.92 Å². The molecule has 5 aromatic heterocycles. The van der Waals surface area contributed by atoms with Gasteiger partial charge >= 0.3 is 7.12 Å². The van der Waals surface area contributed by atoms with Crippen LogP contribution in [0.25, 0.3) is 132 Å². The van der Waals surface area contributed by atoms with Crippen LogP contribution < -0.4 is 5.46 Å². The molecule has 0 atom stereocenters. The first-order valence-electron chi connectivity index (χ1n) is 36.8. The van der Waals surface area contributed by atoms with Gasteiger partial charge in [-0.2, -0.15) is 0 Å². The lowest BCUT2D eigenvalue weighted by Crippen LogP contribution is -2.41. The predicted molar refractivity (Wildman–Crippen MR) is 496 cm³/mol. The number of halogens is 3. The Kier molecular flexibility index (Phi) is 25.8. The Morgan fingerprint density at radius 2 is 0.630 bits per heavy atom. The molecule has 19 rings (SSSR count). The van der Waals surface area contributed by atoms with Crippen molar-refractivity contribution in [3.63, 3.8) is 0 Å². The Labute approximate surface area is 711 Å². The van der Waals surface area contributed by atoms with Gasteiger partial charge in [-0.15, -0.1) is 25.2 Å². The van der Waals surface area contributed by atoms with Crippen LogP contribution in [0.5, 0.6) is 0 Å². The van der Waals surface area contributed by atoms with Crippen molar-refractivity contribution in [2.45, 2.75) is 52.7 Å². The molecule has 6 heterocycles. The zero-order chi connectivity index (χ0) is 82.0. The summed E-state index contributed by atoms with van der Waals surface area (Å²) in [4.78, 5) is 0. The van der Waals surface area contributed by atoms with Crippen LogP contribution in [0.2, 0.25) is 10.0 Å². The third-order valence-corrected chi connectivity index (χ3v) is 21.3. The number of aromatic nitrogens is 2. The van der Waals surface area contributed by atoms with E-state index in [0.29, 0.717) is 10.0 Å². The lowest BCUT2D eigenvalue weighted by atomic mass is 9.76. The Hall–Kier alpha value is -15.5. The SMILES string of the molecule is C.C#CC#CC#CC#CC#CC#CC#C.CC1(C)OB(c2ccc3oc4ccccc4c3c2-n2c3ccccc3c3ccccc32)OC1(C)C.Clc1ccc2oc3ccccc3c2c1-n1c2ccccc2c2ccccc21.Clc1ccc2oc3ccccc3c2c1Br.[C-]#CC#CC#CC#CC#CC#CC#C.c1ccc2c(c1)Cc1ccccc1-2. The van der Waals surface area contributed by atoms with E-state index in [1.165, 1.54) is 43.8 Å². The Morgan fingerprint density at radius 1 is 0.336 bits per heavy atom. The van der Waals surface area contributed by atoms with Gasteiger partial charge in [-0.25, -0.2) is 5.92 Å². The van der Waals surface area contributed by atoms with Gasteiger partial charge in [0.15, 0.2) is 0 Å². The van der Waals surface area contributed by atoms with Gasteiger partial charge in [0.2, 0.25) is 0 Å². The maximum absolute atomic E-state index is 6.79. The molecule has 0 saturated carbocycles. The third-order valence-electron chi connectivity index (χ3n) is 19.7. The molecule has 0 bridgehead atoms. The second kappa shape index (κ2) is 37.7.